The Hall–Kier alpha value is -4.06. The van der Waals surface area contributed by atoms with Gasteiger partial charge in [-0.25, -0.2) is 0 Å². The largest absolute Gasteiger partial charge is 0.493 e. The second kappa shape index (κ2) is 8.13. The minimum Gasteiger partial charge on any atom is -0.493 e. The maximum absolute atomic E-state index is 6.13. The lowest BCUT2D eigenvalue weighted by Crippen LogP contribution is -2.12. The van der Waals surface area contributed by atoms with Crippen molar-refractivity contribution in [3.05, 3.63) is 89.2 Å². The SMILES string of the molecule is COc1ccc(C=NN2CCc3ccccc32)c2cc(C=NN3CCc4ccccc43)oc12. The Morgan fingerprint density at radius 2 is 1.45 bits per heavy atom. The number of methoxy groups -OCH3 is 1. The van der Waals surface area contributed by atoms with Crippen molar-refractivity contribution >= 4 is 34.8 Å². The van der Waals surface area contributed by atoms with Crippen molar-refractivity contribution in [2.24, 2.45) is 10.2 Å². The van der Waals surface area contributed by atoms with E-state index in [1.165, 1.54) is 16.8 Å². The molecule has 4 aromatic rings. The molecule has 2 aliphatic heterocycles. The summed E-state index contributed by atoms with van der Waals surface area (Å²) in [5.74, 6) is 1.37. The van der Waals surface area contributed by atoms with Gasteiger partial charge < -0.3 is 9.15 Å². The average Bonchev–Trinajstić information content (AvgIpc) is 3.58. The zero-order valence-corrected chi connectivity index (χ0v) is 18.4. The molecule has 33 heavy (non-hydrogen) atoms. The number of anilines is 2. The molecule has 0 atom stereocenters. The zero-order chi connectivity index (χ0) is 22.2. The Kier molecular flexibility index (Phi) is 4.83. The van der Waals surface area contributed by atoms with Crippen molar-refractivity contribution in [3.8, 4) is 5.75 Å². The van der Waals surface area contributed by atoms with Crippen LogP contribution in [0.1, 0.15) is 22.5 Å². The Balaban J connectivity index is 1.31. The predicted molar refractivity (Wildman–Crippen MR) is 133 cm³/mol. The van der Waals surface area contributed by atoms with Crippen molar-refractivity contribution in [1.29, 1.82) is 0 Å². The van der Waals surface area contributed by atoms with Gasteiger partial charge in [0.1, 0.15) is 5.76 Å². The maximum Gasteiger partial charge on any atom is 0.177 e. The second-order valence-corrected chi connectivity index (χ2v) is 8.24. The van der Waals surface area contributed by atoms with Gasteiger partial charge in [-0.3, -0.25) is 10.0 Å². The number of para-hydroxylation sites is 2. The fourth-order valence-electron chi connectivity index (χ4n) is 4.62. The Bertz CT molecular complexity index is 1390. The Morgan fingerprint density at radius 3 is 2.12 bits per heavy atom. The molecule has 0 unspecified atom stereocenters. The Labute approximate surface area is 192 Å². The van der Waals surface area contributed by atoms with E-state index in [0.29, 0.717) is 17.1 Å². The summed E-state index contributed by atoms with van der Waals surface area (Å²) in [5, 5.41) is 14.5. The first-order valence-electron chi connectivity index (χ1n) is 11.2. The standard InChI is InChI=1S/C27H24N4O2/c1-32-26-11-10-21(17-28-30-14-12-19-6-2-4-8-24(19)30)23-16-22(33-27(23)26)18-29-31-15-13-20-7-3-5-9-25(20)31/h2-11,16-18H,12-15H2,1H3. The average molecular weight is 437 g/mol. The number of nitrogens with zero attached hydrogens (tertiary/aromatic N) is 4. The van der Waals surface area contributed by atoms with Gasteiger partial charge in [0, 0.05) is 24.0 Å². The van der Waals surface area contributed by atoms with Crippen molar-refractivity contribution in [2.75, 3.05) is 30.2 Å². The molecule has 0 radical (unpaired) electrons. The van der Waals surface area contributed by atoms with Crippen LogP contribution in [0.3, 0.4) is 0 Å². The van der Waals surface area contributed by atoms with E-state index in [-0.39, 0.29) is 0 Å². The van der Waals surface area contributed by atoms with Crippen LogP contribution in [0.25, 0.3) is 11.0 Å². The third-order valence-corrected chi connectivity index (χ3v) is 6.31. The first-order valence-corrected chi connectivity index (χ1v) is 11.2. The highest BCUT2D eigenvalue weighted by molar-refractivity contribution is 6.02. The summed E-state index contributed by atoms with van der Waals surface area (Å²) in [4.78, 5) is 0. The molecule has 0 bridgehead atoms. The number of fused-ring (bicyclic) bond motifs is 3. The highest BCUT2D eigenvalue weighted by Gasteiger charge is 2.19. The summed E-state index contributed by atoms with van der Waals surface area (Å²) in [6.45, 7) is 1.75. The molecule has 0 fully saturated rings. The van der Waals surface area contributed by atoms with Crippen LogP contribution < -0.4 is 14.8 Å². The van der Waals surface area contributed by atoms with Crippen LogP contribution >= 0.6 is 0 Å². The van der Waals surface area contributed by atoms with Gasteiger partial charge >= 0.3 is 0 Å². The molecule has 2 aliphatic rings. The summed E-state index contributed by atoms with van der Waals surface area (Å²) in [7, 11) is 1.65. The molecule has 0 N–H and O–H groups in total. The molecule has 164 valence electrons. The Morgan fingerprint density at radius 1 is 0.818 bits per heavy atom. The van der Waals surface area contributed by atoms with Crippen LogP contribution in [-0.2, 0) is 12.8 Å². The fraction of sp³-hybridized carbons (Fsp3) is 0.185. The van der Waals surface area contributed by atoms with Crippen molar-refractivity contribution in [3.63, 3.8) is 0 Å². The summed E-state index contributed by atoms with van der Waals surface area (Å²) >= 11 is 0. The number of benzene rings is 3. The van der Waals surface area contributed by atoms with E-state index in [4.69, 9.17) is 14.3 Å². The monoisotopic (exact) mass is 436 g/mol. The van der Waals surface area contributed by atoms with Crippen LogP contribution in [0.15, 0.2) is 81.4 Å². The van der Waals surface area contributed by atoms with E-state index in [0.717, 1.165) is 42.6 Å². The van der Waals surface area contributed by atoms with E-state index in [1.54, 1.807) is 13.3 Å². The van der Waals surface area contributed by atoms with Gasteiger partial charge in [-0.15, -0.1) is 0 Å². The van der Waals surface area contributed by atoms with Gasteiger partial charge in [0.15, 0.2) is 11.3 Å². The van der Waals surface area contributed by atoms with E-state index in [1.807, 2.05) is 35.5 Å². The molecule has 6 rings (SSSR count). The first kappa shape index (κ1) is 19.6. The minimum atomic E-state index is 0.681. The predicted octanol–water partition coefficient (Wildman–Crippen LogP) is 5.23. The normalized spacial score (nSPS) is 15.2. The van der Waals surface area contributed by atoms with Crippen LogP contribution in [0.5, 0.6) is 5.75 Å². The van der Waals surface area contributed by atoms with Crippen molar-refractivity contribution in [2.45, 2.75) is 12.8 Å². The molecule has 3 aromatic carbocycles. The van der Waals surface area contributed by atoms with Crippen LogP contribution in [0.4, 0.5) is 11.4 Å². The quantitative estimate of drug-likeness (QED) is 0.402. The molecule has 6 heteroatoms. The smallest absolute Gasteiger partial charge is 0.177 e. The number of rotatable bonds is 5. The lowest BCUT2D eigenvalue weighted by molar-refractivity contribution is 0.410. The summed E-state index contributed by atoms with van der Waals surface area (Å²) in [5.41, 5.74) is 6.66. The fourth-order valence-corrected chi connectivity index (χ4v) is 4.62. The lowest BCUT2D eigenvalue weighted by atomic mass is 10.1. The zero-order valence-electron chi connectivity index (χ0n) is 18.4. The maximum atomic E-state index is 6.13. The van der Waals surface area contributed by atoms with Gasteiger partial charge in [-0.1, -0.05) is 36.4 Å². The molecule has 0 amide bonds. The first-order chi connectivity index (χ1) is 16.3. The van der Waals surface area contributed by atoms with Crippen LogP contribution in [-0.4, -0.2) is 32.6 Å². The molecule has 1 aromatic heterocycles. The summed E-state index contributed by atoms with van der Waals surface area (Å²) in [6, 6.07) is 22.7. The number of hydrogen-bond acceptors (Lipinski definition) is 6. The van der Waals surface area contributed by atoms with Crippen LogP contribution in [0.2, 0.25) is 0 Å². The van der Waals surface area contributed by atoms with E-state index < -0.39 is 0 Å². The molecule has 0 spiro atoms. The number of furan rings is 1. The third kappa shape index (κ3) is 3.53. The topological polar surface area (TPSA) is 53.6 Å². The minimum absolute atomic E-state index is 0.681. The van der Waals surface area contributed by atoms with Crippen molar-refractivity contribution < 1.29 is 9.15 Å². The molecule has 6 nitrogen and oxygen atoms in total. The molecule has 3 heterocycles. The summed E-state index contributed by atoms with van der Waals surface area (Å²) in [6.07, 6.45) is 5.69. The number of hydrogen-bond donors (Lipinski definition) is 0. The third-order valence-electron chi connectivity index (χ3n) is 6.31. The van der Waals surface area contributed by atoms with Gasteiger partial charge in [-0.05, 0) is 54.3 Å². The molecular formula is C27H24N4O2. The molecule has 0 aliphatic carbocycles. The molecule has 0 saturated heterocycles. The van der Waals surface area contributed by atoms with E-state index in [2.05, 4.69) is 52.6 Å². The van der Waals surface area contributed by atoms with Crippen molar-refractivity contribution in [1.82, 2.24) is 0 Å². The summed E-state index contributed by atoms with van der Waals surface area (Å²) < 4.78 is 11.7. The number of hydrazone groups is 2. The highest BCUT2D eigenvalue weighted by atomic mass is 16.5. The van der Waals surface area contributed by atoms with Crippen LogP contribution in [0, 0.1) is 0 Å². The van der Waals surface area contributed by atoms with Gasteiger partial charge in [0.2, 0.25) is 0 Å². The van der Waals surface area contributed by atoms with Gasteiger partial charge in [0.05, 0.1) is 30.9 Å². The van der Waals surface area contributed by atoms with E-state index >= 15 is 0 Å². The molecule has 0 saturated carbocycles. The van der Waals surface area contributed by atoms with E-state index in [9.17, 15) is 0 Å². The second-order valence-electron chi connectivity index (χ2n) is 8.24. The molecular weight excluding hydrogens is 412 g/mol. The van der Waals surface area contributed by atoms with Gasteiger partial charge in [0.25, 0.3) is 0 Å². The lowest BCUT2D eigenvalue weighted by Gasteiger charge is -2.12. The van der Waals surface area contributed by atoms with Gasteiger partial charge in [-0.2, -0.15) is 10.2 Å². The highest BCUT2D eigenvalue weighted by Crippen LogP contribution is 2.32. The number of ether oxygens (including phenoxy) is 1.